The summed E-state index contributed by atoms with van der Waals surface area (Å²) in [5, 5.41) is 5.03. The van der Waals surface area contributed by atoms with Gasteiger partial charge in [-0.3, -0.25) is 9.59 Å². The van der Waals surface area contributed by atoms with Gasteiger partial charge < -0.3 is 20.2 Å². The normalized spacial score (nSPS) is 15.1. The number of aromatic amines is 2. The molecule has 1 amide bonds. The fraction of sp³-hybridized carbons (Fsp3) is 0.214. The first-order valence-electron chi connectivity index (χ1n) is 12.4. The van der Waals surface area contributed by atoms with Gasteiger partial charge in [-0.25, -0.2) is 14.4 Å². The average molecular weight is 565 g/mol. The van der Waals surface area contributed by atoms with Crippen molar-refractivity contribution in [2.45, 2.75) is 25.8 Å². The van der Waals surface area contributed by atoms with Gasteiger partial charge in [-0.2, -0.15) is 0 Å². The second kappa shape index (κ2) is 9.98. The molecule has 3 N–H and O–H groups in total. The minimum atomic E-state index is -0.646. The van der Waals surface area contributed by atoms with E-state index in [2.05, 4.69) is 25.3 Å². The van der Waals surface area contributed by atoms with Crippen molar-refractivity contribution in [3.63, 3.8) is 0 Å². The lowest BCUT2D eigenvalue weighted by Crippen LogP contribution is -2.42. The van der Waals surface area contributed by atoms with Gasteiger partial charge in [-0.1, -0.05) is 23.2 Å². The molecule has 0 aliphatic carbocycles. The van der Waals surface area contributed by atoms with Crippen LogP contribution in [-0.4, -0.2) is 43.8 Å². The highest BCUT2D eigenvalue weighted by Crippen LogP contribution is 2.37. The van der Waals surface area contributed by atoms with Crippen LogP contribution in [0.2, 0.25) is 10.0 Å². The fourth-order valence-electron chi connectivity index (χ4n) is 5.28. The zero-order valence-corrected chi connectivity index (χ0v) is 22.3. The molecule has 0 bridgehead atoms. The number of halogens is 3. The van der Waals surface area contributed by atoms with Crippen molar-refractivity contribution >= 4 is 56.7 Å². The second-order valence-corrected chi connectivity index (χ2v) is 10.4. The highest BCUT2D eigenvalue weighted by atomic mass is 35.5. The molecule has 4 heterocycles. The maximum atomic E-state index is 14.9. The molecule has 3 aromatic heterocycles. The Balaban J connectivity index is 1.22. The standard InChI is InChI=1S/C28H23Cl2FN6O2/c1-14-26-15(7-17(29)9-20(26)30)4-6-37(14)25(38)13-33-23-11-22-19(10-21(23)31)28(39)36-24(35-22)8-16-12-34-27-18(16)3-2-5-32-27/h2-3,5,7,9-12,14,33H,4,6,8,13H2,1H3,(H,32,34)(H,35,36,39). The third-order valence-electron chi connectivity index (χ3n) is 7.18. The largest absolute Gasteiger partial charge is 0.374 e. The minimum absolute atomic E-state index is 0.0890. The number of anilines is 1. The van der Waals surface area contributed by atoms with E-state index in [9.17, 15) is 14.0 Å². The fourth-order valence-corrected chi connectivity index (χ4v) is 5.98. The summed E-state index contributed by atoms with van der Waals surface area (Å²) in [7, 11) is 0. The van der Waals surface area contributed by atoms with Gasteiger partial charge >= 0.3 is 0 Å². The van der Waals surface area contributed by atoms with Crippen LogP contribution in [0.5, 0.6) is 0 Å². The highest BCUT2D eigenvalue weighted by Gasteiger charge is 2.29. The van der Waals surface area contributed by atoms with Gasteiger partial charge in [0.05, 0.1) is 29.2 Å². The van der Waals surface area contributed by atoms with Crippen LogP contribution in [0.4, 0.5) is 10.1 Å². The van der Waals surface area contributed by atoms with Crippen LogP contribution in [0, 0.1) is 5.82 Å². The highest BCUT2D eigenvalue weighted by molar-refractivity contribution is 6.35. The maximum absolute atomic E-state index is 14.9. The van der Waals surface area contributed by atoms with Crippen LogP contribution < -0.4 is 10.9 Å². The first-order chi connectivity index (χ1) is 18.8. The molecule has 198 valence electrons. The summed E-state index contributed by atoms with van der Waals surface area (Å²) in [5.74, 6) is -0.414. The first-order valence-corrected chi connectivity index (χ1v) is 13.2. The van der Waals surface area contributed by atoms with Crippen LogP contribution in [0.15, 0.2) is 53.6 Å². The van der Waals surface area contributed by atoms with Crippen molar-refractivity contribution in [3.8, 4) is 0 Å². The summed E-state index contributed by atoms with van der Waals surface area (Å²) in [6.07, 6.45) is 4.51. The molecule has 1 aliphatic heterocycles. The van der Waals surface area contributed by atoms with Crippen LogP contribution in [0.1, 0.15) is 35.5 Å². The quantitative estimate of drug-likeness (QED) is 0.265. The Labute approximate surface area is 232 Å². The zero-order chi connectivity index (χ0) is 27.3. The van der Waals surface area contributed by atoms with E-state index >= 15 is 0 Å². The number of nitrogens with one attached hydrogen (secondary N) is 3. The summed E-state index contributed by atoms with van der Waals surface area (Å²) < 4.78 is 14.9. The van der Waals surface area contributed by atoms with Crippen LogP contribution in [0.25, 0.3) is 21.9 Å². The number of aromatic nitrogens is 4. The van der Waals surface area contributed by atoms with E-state index in [0.717, 1.165) is 33.8 Å². The summed E-state index contributed by atoms with van der Waals surface area (Å²) in [4.78, 5) is 42.3. The van der Waals surface area contributed by atoms with E-state index in [-0.39, 0.29) is 29.6 Å². The number of carbonyl (C=O) groups excluding carboxylic acids is 1. The van der Waals surface area contributed by atoms with E-state index in [1.165, 1.54) is 6.07 Å². The molecule has 2 aromatic carbocycles. The average Bonchev–Trinajstić information content (AvgIpc) is 3.30. The van der Waals surface area contributed by atoms with Gasteiger partial charge in [0, 0.05) is 40.8 Å². The third-order valence-corrected chi connectivity index (χ3v) is 7.71. The van der Waals surface area contributed by atoms with E-state index in [1.807, 2.05) is 31.3 Å². The van der Waals surface area contributed by atoms with Gasteiger partial charge in [0.25, 0.3) is 5.56 Å². The molecule has 6 rings (SSSR count). The molecule has 0 saturated heterocycles. The van der Waals surface area contributed by atoms with E-state index < -0.39 is 11.4 Å². The minimum Gasteiger partial charge on any atom is -0.374 e. The Hall–Kier alpha value is -3.95. The number of pyridine rings is 1. The van der Waals surface area contributed by atoms with E-state index in [0.29, 0.717) is 40.8 Å². The Kier molecular flexibility index (Phi) is 6.48. The van der Waals surface area contributed by atoms with Crippen LogP contribution >= 0.6 is 23.2 Å². The van der Waals surface area contributed by atoms with Gasteiger partial charge in [0.2, 0.25) is 5.91 Å². The van der Waals surface area contributed by atoms with Crippen molar-refractivity contribution < 1.29 is 9.18 Å². The molecule has 0 spiro atoms. The van der Waals surface area contributed by atoms with E-state index in [1.54, 1.807) is 17.2 Å². The number of hydrogen-bond donors (Lipinski definition) is 3. The molecular weight excluding hydrogens is 542 g/mol. The van der Waals surface area contributed by atoms with Crippen molar-refractivity contribution in [3.05, 3.63) is 97.5 Å². The number of H-pyrrole nitrogens is 2. The Morgan fingerprint density at radius 1 is 1.23 bits per heavy atom. The summed E-state index contributed by atoms with van der Waals surface area (Å²) in [6, 6.07) is 9.67. The second-order valence-electron chi connectivity index (χ2n) is 9.58. The lowest BCUT2D eigenvalue weighted by molar-refractivity contribution is -0.131. The monoisotopic (exact) mass is 564 g/mol. The molecule has 5 aromatic rings. The molecule has 8 nitrogen and oxygen atoms in total. The number of nitrogens with zero attached hydrogens (tertiary/aromatic N) is 3. The predicted octanol–water partition coefficient (Wildman–Crippen LogP) is 5.39. The summed E-state index contributed by atoms with van der Waals surface area (Å²) >= 11 is 12.6. The molecule has 1 aliphatic rings. The van der Waals surface area contributed by atoms with Crippen LogP contribution in [-0.2, 0) is 17.6 Å². The zero-order valence-electron chi connectivity index (χ0n) is 20.8. The maximum Gasteiger partial charge on any atom is 0.258 e. The van der Waals surface area contributed by atoms with Gasteiger partial charge in [-0.05, 0) is 66.4 Å². The molecule has 39 heavy (non-hydrogen) atoms. The van der Waals surface area contributed by atoms with Crippen molar-refractivity contribution in [1.29, 1.82) is 0 Å². The third kappa shape index (κ3) is 4.72. The molecule has 1 atom stereocenters. The number of amides is 1. The Bertz CT molecular complexity index is 1820. The van der Waals surface area contributed by atoms with Gasteiger partial charge in [-0.15, -0.1) is 0 Å². The van der Waals surface area contributed by atoms with Crippen LogP contribution in [0.3, 0.4) is 0 Å². The number of carbonyl (C=O) groups is 1. The number of benzene rings is 2. The molecule has 11 heteroatoms. The van der Waals surface area contributed by atoms with Crippen molar-refractivity contribution in [1.82, 2.24) is 24.8 Å². The van der Waals surface area contributed by atoms with Gasteiger partial charge in [0.1, 0.15) is 17.3 Å². The molecule has 0 saturated carbocycles. The summed E-state index contributed by atoms with van der Waals surface area (Å²) in [6.45, 7) is 2.27. The number of rotatable bonds is 5. The lowest BCUT2D eigenvalue weighted by Gasteiger charge is -2.36. The molecular formula is C28H23Cl2FN6O2. The molecule has 1 unspecified atom stereocenters. The van der Waals surface area contributed by atoms with E-state index in [4.69, 9.17) is 23.2 Å². The first kappa shape index (κ1) is 25.3. The predicted molar refractivity (Wildman–Crippen MR) is 150 cm³/mol. The molecule has 0 radical (unpaired) electrons. The van der Waals surface area contributed by atoms with Crippen molar-refractivity contribution in [2.75, 3.05) is 18.4 Å². The summed E-state index contributed by atoms with van der Waals surface area (Å²) in [5.41, 5.74) is 3.54. The number of hydrogen-bond acceptors (Lipinski definition) is 5. The molecule has 0 fully saturated rings. The van der Waals surface area contributed by atoms with Crippen molar-refractivity contribution in [2.24, 2.45) is 0 Å². The Morgan fingerprint density at radius 2 is 2.08 bits per heavy atom. The number of fused-ring (bicyclic) bond motifs is 3. The topological polar surface area (TPSA) is 107 Å². The smallest absolute Gasteiger partial charge is 0.258 e. The van der Waals surface area contributed by atoms with Gasteiger partial charge in [0.15, 0.2) is 0 Å². The SMILES string of the molecule is CC1c2c(Cl)cc(Cl)cc2CCN1C(=O)CNc1cc2nc(Cc3c[nH]c4ncccc34)[nH]c(=O)c2cc1F. The lowest BCUT2D eigenvalue weighted by atomic mass is 9.93. The Morgan fingerprint density at radius 3 is 2.92 bits per heavy atom.